The zero-order valence-electron chi connectivity index (χ0n) is 9.94. The van der Waals surface area contributed by atoms with Crippen molar-refractivity contribution in [2.75, 3.05) is 12.3 Å². The standard InChI is InChI=1S/C12H12Cl2N4O/c13-9-5-8(6-10(14)11(9)15)12(19)17-2-4-18-3-1-16-7-18/h1,3,5-7H,2,4,15H2,(H,17,19). The van der Waals surface area contributed by atoms with Crippen LogP contribution in [0, 0.1) is 0 Å². The molecular weight excluding hydrogens is 287 g/mol. The Morgan fingerprint density at radius 1 is 1.37 bits per heavy atom. The Balaban J connectivity index is 1.96. The average Bonchev–Trinajstić information content (AvgIpc) is 2.88. The molecule has 2 rings (SSSR count). The topological polar surface area (TPSA) is 72.9 Å². The third kappa shape index (κ3) is 3.39. The van der Waals surface area contributed by atoms with Gasteiger partial charge in [0.25, 0.3) is 5.91 Å². The number of benzene rings is 1. The molecule has 0 saturated heterocycles. The summed E-state index contributed by atoms with van der Waals surface area (Å²) < 4.78 is 1.86. The second kappa shape index (κ2) is 5.95. The van der Waals surface area contributed by atoms with Crippen LogP contribution in [-0.4, -0.2) is 22.0 Å². The third-order valence-corrected chi connectivity index (χ3v) is 3.18. The van der Waals surface area contributed by atoms with Gasteiger partial charge in [-0.05, 0) is 12.1 Å². The summed E-state index contributed by atoms with van der Waals surface area (Å²) in [6.07, 6.45) is 5.19. The molecule has 2 aromatic rings. The van der Waals surface area contributed by atoms with Crippen molar-refractivity contribution in [2.45, 2.75) is 6.54 Å². The first-order valence-electron chi connectivity index (χ1n) is 5.56. The van der Waals surface area contributed by atoms with Crippen molar-refractivity contribution < 1.29 is 4.79 Å². The van der Waals surface area contributed by atoms with E-state index in [2.05, 4.69) is 10.3 Å². The Morgan fingerprint density at radius 3 is 2.63 bits per heavy atom. The molecule has 0 saturated carbocycles. The fraction of sp³-hybridized carbons (Fsp3) is 0.167. The van der Waals surface area contributed by atoms with Crippen LogP contribution in [0.1, 0.15) is 10.4 Å². The van der Waals surface area contributed by atoms with Gasteiger partial charge in [0.2, 0.25) is 0 Å². The van der Waals surface area contributed by atoms with E-state index in [1.807, 2.05) is 10.8 Å². The summed E-state index contributed by atoms with van der Waals surface area (Å²) in [6, 6.07) is 2.99. The molecule has 7 heteroatoms. The Morgan fingerprint density at radius 2 is 2.05 bits per heavy atom. The van der Waals surface area contributed by atoms with Gasteiger partial charge in [-0.15, -0.1) is 0 Å². The molecule has 19 heavy (non-hydrogen) atoms. The Bertz CT molecular complexity index is 560. The van der Waals surface area contributed by atoms with E-state index in [-0.39, 0.29) is 21.6 Å². The van der Waals surface area contributed by atoms with Crippen LogP contribution in [0.2, 0.25) is 10.0 Å². The zero-order valence-corrected chi connectivity index (χ0v) is 11.4. The van der Waals surface area contributed by atoms with Crippen molar-refractivity contribution in [3.63, 3.8) is 0 Å². The van der Waals surface area contributed by atoms with Gasteiger partial charge in [-0.3, -0.25) is 4.79 Å². The number of imidazole rings is 1. The molecule has 0 bridgehead atoms. The van der Waals surface area contributed by atoms with Gasteiger partial charge in [0.15, 0.2) is 0 Å². The van der Waals surface area contributed by atoms with E-state index in [9.17, 15) is 4.79 Å². The predicted molar refractivity (Wildman–Crippen MR) is 75.4 cm³/mol. The van der Waals surface area contributed by atoms with Gasteiger partial charge in [-0.1, -0.05) is 23.2 Å². The van der Waals surface area contributed by atoms with E-state index < -0.39 is 0 Å². The first-order chi connectivity index (χ1) is 9.08. The van der Waals surface area contributed by atoms with E-state index in [0.717, 1.165) is 0 Å². The van der Waals surface area contributed by atoms with Crippen molar-refractivity contribution >= 4 is 34.8 Å². The van der Waals surface area contributed by atoms with Gasteiger partial charge in [-0.25, -0.2) is 4.98 Å². The van der Waals surface area contributed by atoms with Gasteiger partial charge >= 0.3 is 0 Å². The van der Waals surface area contributed by atoms with Gasteiger partial charge in [0, 0.05) is 31.0 Å². The number of nitrogen functional groups attached to an aromatic ring is 1. The molecule has 1 aromatic heterocycles. The Hall–Kier alpha value is -1.72. The van der Waals surface area contributed by atoms with Crippen LogP contribution in [0.15, 0.2) is 30.9 Å². The highest BCUT2D eigenvalue weighted by molar-refractivity contribution is 6.39. The first-order valence-corrected chi connectivity index (χ1v) is 6.32. The molecule has 0 spiro atoms. The third-order valence-electron chi connectivity index (χ3n) is 2.56. The highest BCUT2D eigenvalue weighted by Crippen LogP contribution is 2.28. The van der Waals surface area contributed by atoms with Crippen molar-refractivity contribution in [3.05, 3.63) is 46.5 Å². The molecule has 0 fully saturated rings. The summed E-state index contributed by atoms with van der Waals surface area (Å²) in [5.74, 6) is -0.246. The number of nitrogens with zero attached hydrogens (tertiary/aromatic N) is 2. The number of carbonyl (C=O) groups excluding carboxylic acids is 1. The number of halogens is 2. The molecule has 1 amide bonds. The minimum absolute atomic E-state index is 0.246. The molecule has 0 aliphatic rings. The number of hydrogen-bond donors (Lipinski definition) is 2. The maximum atomic E-state index is 11.9. The summed E-state index contributed by atoms with van der Waals surface area (Å²) in [6.45, 7) is 1.12. The monoisotopic (exact) mass is 298 g/mol. The number of hydrogen-bond acceptors (Lipinski definition) is 3. The number of aromatic nitrogens is 2. The smallest absolute Gasteiger partial charge is 0.251 e. The van der Waals surface area contributed by atoms with Gasteiger partial charge in [-0.2, -0.15) is 0 Å². The van der Waals surface area contributed by atoms with E-state index in [1.165, 1.54) is 12.1 Å². The lowest BCUT2D eigenvalue weighted by Gasteiger charge is -2.08. The lowest BCUT2D eigenvalue weighted by Crippen LogP contribution is -2.27. The molecule has 0 aliphatic heterocycles. The summed E-state index contributed by atoms with van der Waals surface area (Å²) >= 11 is 11.8. The van der Waals surface area contributed by atoms with Crippen LogP contribution in [-0.2, 0) is 6.54 Å². The summed E-state index contributed by atoms with van der Waals surface area (Å²) in [5.41, 5.74) is 6.27. The number of carbonyl (C=O) groups is 1. The van der Waals surface area contributed by atoms with Crippen molar-refractivity contribution in [2.24, 2.45) is 0 Å². The quantitative estimate of drug-likeness (QED) is 0.850. The number of nitrogens with two attached hydrogens (primary N) is 1. The lowest BCUT2D eigenvalue weighted by atomic mass is 10.2. The Labute approximate surface area is 120 Å². The molecule has 5 nitrogen and oxygen atoms in total. The molecular formula is C12H12Cl2N4O. The maximum absolute atomic E-state index is 11.9. The average molecular weight is 299 g/mol. The van der Waals surface area contributed by atoms with E-state index in [4.69, 9.17) is 28.9 Å². The fourth-order valence-corrected chi connectivity index (χ4v) is 2.02. The number of amides is 1. The molecule has 0 radical (unpaired) electrons. The number of nitrogens with one attached hydrogen (secondary N) is 1. The SMILES string of the molecule is Nc1c(Cl)cc(C(=O)NCCn2ccnc2)cc1Cl. The van der Waals surface area contributed by atoms with Gasteiger partial charge < -0.3 is 15.6 Å². The van der Waals surface area contributed by atoms with Crippen molar-refractivity contribution in [3.8, 4) is 0 Å². The van der Waals surface area contributed by atoms with Crippen molar-refractivity contribution in [1.29, 1.82) is 0 Å². The minimum Gasteiger partial charge on any atom is -0.396 e. The second-order valence-corrected chi connectivity index (χ2v) is 4.72. The summed E-state index contributed by atoms with van der Waals surface area (Å²) in [5, 5.41) is 3.31. The number of anilines is 1. The van der Waals surface area contributed by atoms with Crippen LogP contribution in [0.4, 0.5) is 5.69 Å². The first kappa shape index (κ1) is 13.7. The summed E-state index contributed by atoms with van der Waals surface area (Å²) in [4.78, 5) is 15.8. The second-order valence-electron chi connectivity index (χ2n) is 3.91. The highest BCUT2D eigenvalue weighted by Gasteiger charge is 2.10. The normalized spacial score (nSPS) is 10.4. The van der Waals surface area contributed by atoms with E-state index in [1.54, 1.807) is 12.5 Å². The zero-order chi connectivity index (χ0) is 13.8. The van der Waals surface area contributed by atoms with Crippen LogP contribution in [0.5, 0.6) is 0 Å². The minimum atomic E-state index is -0.246. The van der Waals surface area contributed by atoms with Crippen molar-refractivity contribution in [1.82, 2.24) is 14.9 Å². The van der Waals surface area contributed by atoms with Gasteiger partial charge in [0.1, 0.15) is 0 Å². The van der Waals surface area contributed by atoms with Crippen LogP contribution in [0.25, 0.3) is 0 Å². The predicted octanol–water partition coefficient (Wildman–Crippen LogP) is 2.20. The van der Waals surface area contributed by atoms with Crippen LogP contribution >= 0.6 is 23.2 Å². The summed E-state index contributed by atoms with van der Waals surface area (Å²) in [7, 11) is 0. The maximum Gasteiger partial charge on any atom is 0.251 e. The molecule has 3 N–H and O–H groups in total. The van der Waals surface area contributed by atoms with Crippen LogP contribution in [0.3, 0.4) is 0 Å². The molecule has 0 atom stereocenters. The number of rotatable bonds is 4. The molecule has 100 valence electrons. The van der Waals surface area contributed by atoms with E-state index in [0.29, 0.717) is 18.7 Å². The molecule has 1 aromatic carbocycles. The highest BCUT2D eigenvalue weighted by atomic mass is 35.5. The lowest BCUT2D eigenvalue weighted by molar-refractivity contribution is 0.0952. The Kier molecular flexibility index (Phi) is 4.29. The van der Waals surface area contributed by atoms with Crippen LogP contribution < -0.4 is 11.1 Å². The van der Waals surface area contributed by atoms with E-state index >= 15 is 0 Å². The fourth-order valence-electron chi connectivity index (χ4n) is 1.53. The largest absolute Gasteiger partial charge is 0.396 e. The molecule has 1 heterocycles. The molecule has 0 unspecified atom stereocenters. The van der Waals surface area contributed by atoms with Gasteiger partial charge in [0.05, 0.1) is 22.1 Å². The molecule has 0 aliphatic carbocycles.